The maximum absolute atomic E-state index is 9.19. The SMILES string of the molecule is OCc1cccc(CN[C@H]2CCCc3ccccc32)c1. The minimum Gasteiger partial charge on any atom is -0.392 e. The Morgan fingerprint density at radius 1 is 1.05 bits per heavy atom. The van der Waals surface area contributed by atoms with Gasteiger partial charge in [-0.05, 0) is 41.5 Å². The fraction of sp³-hybridized carbons (Fsp3) is 0.333. The molecule has 0 spiro atoms. The van der Waals surface area contributed by atoms with Gasteiger partial charge in [-0.25, -0.2) is 0 Å². The van der Waals surface area contributed by atoms with Crippen molar-refractivity contribution < 1.29 is 5.11 Å². The van der Waals surface area contributed by atoms with Crippen molar-refractivity contribution in [2.45, 2.75) is 38.5 Å². The molecule has 0 radical (unpaired) electrons. The standard InChI is InChI=1S/C18H21NO/c20-13-15-6-3-5-14(11-15)12-19-18-10-4-8-16-7-1-2-9-17(16)18/h1-3,5-7,9,11,18-20H,4,8,10,12-13H2/t18-/m0/s1. The van der Waals surface area contributed by atoms with E-state index >= 15 is 0 Å². The summed E-state index contributed by atoms with van der Waals surface area (Å²) < 4.78 is 0. The third-order valence-electron chi connectivity index (χ3n) is 4.10. The van der Waals surface area contributed by atoms with Gasteiger partial charge in [-0.2, -0.15) is 0 Å². The fourth-order valence-corrected chi connectivity index (χ4v) is 3.04. The molecule has 3 rings (SSSR count). The largest absolute Gasteiger partial charge is 0.392 e. The van der Waals surface area contributed by atoms with Crippen molar-refractivity contribution in [1.82, 2.24) is 5.32 Å². The van der Waals surface area contributed by atoms with E-state index in [9.17, 15) is 5.11 Å². The van der Waals surface area contributed by atoms with Crippen molar-refractivity contribution in [2.75, 3.05) is 0 Å². The average molecular weight is 267 g/mol. The van der Waals surface area contributed by atoms with Gasteiger partial charge >= 0.3 is 0 Å². The van der Waals surface area contributed by atoms with Crippen LogP contribution in [-0.2, 0) is 19.6 Å². The van der Waals surface area contributed by atoms with Crippen LogP contribution >= 0.6 is 0 Å². The summed E-state index contributed by atoms with van der Waals surface area (Å²) in [6.07, 6.45) is 3.66. The second-order valence-electron chi connectivity index (χ2n) is 5.50. The van der Waals surface area contributed by atoms with E-state index in [1.165, 1.54) is 36.0 Å². The zero-order chi connectivity index (χ0) is 13.8. The summed E-state index contributed by atoms with van der Waals surface area (Å²) in [5.74, 6) is 0. The molecule has 0 aliphatic heterocycles. The second kappa shape index (κ2) is 6.21. The monoisotopic (exact) mass is 267 g/mol. The van der Waals surface area contributed by atoms with Gasteiger partial charge in [-0.15, -0.1) is 0 Å². The molecule has 0 bridgehead atoms. The summed E-state index contributed by atoms with van der Waals surface area (Å²) in [5, 5.41) is 12.9. The molecule has 2 N–H and O–H groups in total. The quantitative estimate of drug-likeness (QED) is 0.890. The van der Waals surface area contributed by atoms with Gasteiger partial charge < -0.3 is 10.4 Å². The average Bonchev–Trinajstić information content (AvgIpc) is 2.53. The molecule has 0 aromatic heterocycles. The second-order valence-corrected chi connectivity index (χ2v) is 5.50. The highest BCUT2D eigenvalue weighted by Crippen LogP contribution is 2.29. The summed E-state index contributed by atoms with van der Waals surface area (Å²) in [7, 11) is 0. The first kappa shape index (κ1) is 13.3. The van der Waals surface area contributed by atoms with Crippen molar-refractivity contribution in [2.24, 2.45) is 0 Å². The van der Waals surface area contributed by atoms with Crippen molar-refractivity contribution >= 4 is 0 Å². The minimum atomic E-state index is 0.111. The van der Waals surface area contributed by atoms with E-state index in [4.69, 9.17) is 0 Å². The van der Waals surface area contributed by atoms with E-state index < -0.39 is 0 Å². The Balaban J connectivity index is 1.70. The van der Waals surface area contributed by atoms with Crippen molar-refractivity contribution in [3.05, 3.63) is 70.8 Å². The molecule has 2 nitrogen and oxygen atoms in total. The Bertz CT molecular complexity index is 579. The summed E-state index contributed by atoms with van der Waals surface area (Å²) >= 11 is 0. The van der Waals surface area contributed by atoms with Crippen molar-refractivity contribution in [3.63, 3.8) is 0 Å². The van der Waals surface area contributed by atoms with E-state index in [-0.39, 0.29) is 6.61 Å². The Kier molecular flexibility index (Phi) is 4.14. The van der Waals surface area contributed by atoms with Crippen LogP contribution in [0.5, 0.6) is 0 Å². The lowest BCUT2D eigenvalue weighted by Crippen LogP contribution is -2.24. The number of hydrogen-bond donors (Lipinski definition) is 2. The highest BCUT2D eigenvalue weighted by molar-refractivity contribution is 5.32. The van der Waals surface area contributed by atoms with Gasteiger partial charge in [0.1, 0.15) is 0 Å². The van der Waals surface area contributed by atoms with E-state index in [2.05, 4.69) is 41.7 Å². The predicted molar refractivity (Wildman–Crippen MR) is 81.3 cm³/mol. The van der Waals surface area contributed by atoms with Crippen molar-refractivity contribution in [3.8, 4) is 0 Å². The van der Waals surface area contributed by atoms with Crippen LogP contribution in [0.15, 0.2) is 48.5 Å². The molecule has 0 saturated carbocycles. The van der Waals surface area contributed by atoms with E-state index in [1.54, 1.807) is 0 Å². The molecule has 1 atom stereocenters. The van der Waals surface area contributed by atoms with Crippen LogP contribution in [0.1, 0.15) is 41.1 Å². The predicted octanol–water partition coefficient (Wildman–Crippen LogP) is 3.35. The van der Waals surface area contributed by atoms with Gasteiger partial charge in [0.2, 0.25) is 0 Å². The van der Waals surface area contributed by atoms with Crippen LogP contribution < -0.4 is 5.32 Å². The number of fused-ring (bicyclic) bond motifs is 1. The molecule has 0 fully saturated rings. The molecule has 0 unspecified atom stereocenters. The van der Waals surface area contributed by atoms with Crippen LogP contribution in [-0.4, -0.2) is 5.11 Å². The zero-order valence-corrected chi connectivity index (χ0v) is 11.7. The van der Waals surface area contributed by atoms with Gasteiger partial charge in [0, 0.05) is 12.6 Å². The Labute approximate surface area is 120 Å². The first-order valence-electron chi connectivity index (χ1n) is 7.36. The Morgan fingerprint density at radius 3 is 2.80 bits per heavy atom. The maximum Gasteiger partial charge on any atom is 0.0681 e. The van der Waals surface area contributed by atoms with Crippen LogP contribution in [0.3, 0.4) is 0 Å². The van der Waals surface area contributed by atoms with Gasteiger partial charge in [0.15, 0.2) is 0 Å². The molecule has 0 heterocycles. The summed E-state index contributed by atoms with van der Waals surface area (Å²) in [4.78, 5) is 0. The molecular formula is C18H21NO. The summed E-state index contributed by atoms with van der Waals surface area (Å²) in [6, 6.07) is 17.4. The molecule has 1 aliphatic rings. The Hall–Kier alpha value is -1.64. The lowest BCUT2D eigenvalue weighted by atomic mass is 9.87. The van der Waals surface area contributed by atoms with E-state index in [1.807, 2.05) is 12.1 Å². The van der Waals surface area contributed by atoms with Crippen molar-refractivity contribution in [1.29, 1.82) is 0 Å². The molecule has 2 aromatic rings. The van der Waals surface area contributed by atoms with Crippen LogP contribution in [0.25, 0.3) is 0 Å². The molecular weight excluding hydrogens is 246 g/mol. The molecule has 2 aromatic carbocycles. The Morgan fingerprint density at radius 2 is 1.90 bits per heavy atom. The zero-order valence-electron chi connectivity index (χ0n) is 11.7. The van der Waals surface area contributed by atoms with Crippen LogP contribution in [0.4, 0.5) is 0 Å². The summed E-state index contributed by atoms with van der Waals surface area (Å²) in [6.45, 7) is 0.965. The highest BCUT2D eigenvalue weighted by Gasteiger charge is 2.18. The first-order chi connectivity index (χ1) is 9.86. The van der Waals surface area contributed by atoms with Crippen LogP contribution in [0.2, 0.25) is 0 Å². The van der Waals surface area contributed by atoms with E-state index in [0.29, 0.717) is 6.04 Å². The molecule has 104 valence electrons. The highest BCUT2D eigenvalue weighted by atomic mass is 16.3. The van der Waals surface area contributed by atoms with E-state index in [0.717, 1.165) is 12.1 Å². The number of aliphatic hydroxyl groups is 1. The van der Waals surface area contributed by atoms with Gasteiger partial charge in [-0.3, -0.25) is 0 Å². The fourth-order valence-electron chi connectivity index (χ4n) is 3.04. The number of rotatable bonds is 4. The van der Waals surface area contributed by atoms with Gasteiger partial charge in [0.05, 0.1) is 6.61 Å². The maximum atomic E-state index is 9.19. The smallest absolute Gasteiger partial charge is 0.0681 e. The van der Waals surface area contributed by atoms with Crippen LogP contribution in [0, 0.1) is 0 Å². The third-order valence-corrected chi connectivity index (χ3v) is 4.10. The molecule has 1 aliphatic carbocycles. The molecule has 20 heavy (non-hydrogen) atoms. The number of benzene rings is 2. The van der Waals surface area contributed by atoms with Gasteiger partial charge in [-0.1, -0.05) is 48.5 Å². The summed E-state index contributed by atoms with van der Waals surface area (Å²) in [5.41, 5.74) is 5.16. The van der Waals surface area contributed by atoms with Gasteiger partial charge in [0.25, 0.3) is 0 Å². The topological polar surface area (TPSA) is 32.3 Å². The normalized spacial score (nSPS) is 17.8. The number of aryl methyl sites for hydroxylation is 1. The lowest BCUT2D eigenvalue weighted by molar-refractivity contribution is 0.281. The molecule has 0 saturated heterocycles. The lowest BCUT2D eigenvalue weighted by Gasteiger charge is -2.26. The molecule has 0 amide bonds. The third kappa shape index (κ3) is 2.92. The number of hydrogen-bond acceptors (Lipinski definition) is 2. The molecule has 2 heteroatoms. The first-order valence-corrected chi connectivity index (χ1v) is 7.36. The number of nitrogens with one attached hydrogen (secondary N) is 1. The number of aliphatic hydroxyl groups excluding tert-OH is 1. The minimum absolute atomic E-state index is 0.111.